The number of hydrogen-bond donors (Lipinski definition) is 1. The molecule has 1 amide bonds. The van der Waals surface area contributed by atoms with E-state index in [1.54, 1.807) is 18.2 Å². The highest BCUT2D eigenvalue weighted by atomic mass is 32.1. The number of aromatic nitrogens is 2. The van der Waals surface area contributed by atoms with Gasteiger partial charge in [0.15, 0.2) is 0 Å². The summed E-state index contributed by atoms with van der Waals surface area (Å²) < 4.78 is 13.5. The van der Waals surface area contributed by atoms with Crippen LogP contribution in [-0.4, -0.2) is 16.1 Å². The van der Waals surface area contributed by atoms with Gasteiger partial charge in [-0.15, -0.1) is 10.2 Å². The number of halogens is 1. The zero-order chi connectivity index (χ0) is 16.9. The highest BCUT2D eigenvalue weighted by Gasteiger charge is 2.10. The second-order valence-electron chi connectivity index (χ2n) is 5.42. The summed E-state index contributed by atoms with van der Waals surface area (Å²) in [5.74, 6) is -0.493. The second-order valence-corrected chi connectivity index (χ2v) is 6.40. The molecule has 4 nitrogen and oxygen atoms in total. The number of carbonyl (C=O) groups is 1. The Morgan fingerprint density at radius 1 is 1.12 bits per heavy atom. The summed E-state index contributed by atoms with van der Waals surface area (Å²) in [6.45, 7) is 2.02. The Bertz CT molecular complexity index is 845. The van der Waals surface area contributed by atoms with E-state index < -0.39 is 0 Å². The number of nitrogens with zero attached hydrogens (tertiary/aromatic N) is 2. The third kappa shape index (κ3) is 4.02. The van der Waals surface area contributed by atoms with Gasteiger partial charge in [0.25, 0.3) is 0 Å². The number of hydrogen-bond acceptors (Lipinski definition) is 4. The van der Waals surface area contributed by atoms with E-state index in [-0.39, 0.29) is 18.1 Å². The molecule has 0 fully saturated rings. The van der Waals surface area contributed by atoms with Crippen LogP contribution in [0, 0.1) is 12.7 Å². The van der Waals surface area contributed by atoms with Gasteiger partial charge in [-0.1, -0.05) is 59.4 Å². The molecule has 0 saturated heterocycles. The summed E-state index contributed by atoms with van der Waals surface area (Å²) in [6, 6.07) is 14.4. The third-order valence-electron chi connectivity index (χ3n) is 3.55. The standard InChI is InChI=1S/C18H16FN3OS/c1-12-6-8-14(9-7-12)17-21-22-18(24-17)20-16(23)11-10-13-4-2-3-5-15(13)19/h2-9H,10-11H2,1H3,(H,20,22,23). The van der Waals surface area contributed by atoms with Crippen molar-refractivity contribution in [3.8, 4) is 10.6 Å². The lowest BCUT2D eigenvalue weighted by atomic mass is 10.1. The molecule has 0 bridgehead atoms. The SMILES string of the molecule is Cc1ccc(-c2nnc(NC(=O)CCc3ccccc3F)s2)cc1. The maximum atomic E-state index is 13.5. The highest BCUT2D eigenvalue weighted by molar-refractivity contribution is 7.18. The number of anilines is 1. The van der Waals surface area contributed by atoms with E-state index in [1.165, 1.54) is 23.0 Å². The van der Waals surface area contributed by atoms with Crippen molar-refractivity contribution in [2.45, 2.75) is 19.8 Å². The maximum Gasteiger partial charge on any atom is 0.226 e. The monoisotopic (exact) mass is 341 g/mol. The molecule has 1 N–H and O–H groups in total. The number of benzene rings is 2. The van der Waals surface area contributed by atoms with Crippen LogP contribution in [0.5, 0.6) is 0 Å². The van der Waals surface area contributed by atoms with Gasteiger partial charge in [0.1, 0.15) is 10.8 Å². The molecule has 0 aliphatic rings. The predicted octanol–water partition coefficient (Wildman–Crippen LogP) is 4.22. The van der Waals surface area contributed by atoms with E-state index in [0.717, 1.165) is 10.6 Å². The van der Waals surface area contributed by atoms with E-state index in [0.29, 0.717) is 17.1 Å². The molecule has 1 heterocycles. The first-order valence-electron chi connectivity index (χ1n) is 7.55. The Labute approximate surface area is 143 Å². The van der Waals surface area contributed by atoms with Gasteiger partial charge in [-0.25, -0.2) is 4.39 Å². The lowest BCUT2D eigenvalue weighted by Gasteiger charge is -2.03. The molecule has 2 aromatic carbocycles. The molecule has 1 aromatic heterocycles. The van der Waals surface area contributed by atoms with E-state index in [2.05, 4.69) is 15.5 Å². The third-order valence-corrected chi connectivity index (χ3v) is 4.44. The van der Waals surface area contributed by atoms with Crippen LogP contribution in [0.15, 0.2) is 48.5 Å². The van der Waals surface area contributed by atoms with Crippen LogP contribution in [0.2, 0.25) is 0 Å². The minimum absolute atomic E-state index is 0.195. The van der Waals surface area contributed by atoms with Crippen molar-refractivity contribution in [3.63, 3.8) is 0 Å². The van der Waals surface area contributed by atoms with Gasteiger partial charge in [-0.2, -0.15) is 0 Å². The van der Waals surface area contributed by atoms with Gasteiger partial charge < -0.3 is 5.32 Å². The summed E-state index contributed by atoms with van der Waals surface area (Å²) in [4.78, 5) is 12.0. The van der Waals surface area contributed by atoms with Gasteiger partial charge >= 0.3 is 0 Å². The largest absolute Gasteiger partial charge is 0.301 e. The number of nitrogens with one attached hydrogen (secondary N) is 1. The molecule has 0 radical (unpaired) electrons. The Kier molecular flexibility index (Phi) is 4.96. The van der Waals surface area contributed by atoms with Crippen LogP contribution < -0.4 is 5.32 Å². The van der Waals surface area contributed by atoms with Crippen LogP contribution in [0.4, 0.5) is 9.52 Å². The van der Waals surface area contributed by atoms with Crippen molar-refractivity contribution in [2.24, 2.45) is 0 Å². The lowest BCUT2D eigenvalue weighted by Crippen LogP contribution is -2.12. The Balaban J connectivity index is 1.59. The molecule has 6 heteroatoms. The number of carbonyl (C=O) groups excluding carboxylic acids is 1. The lowest BCUT2D eigenvalue weighted by molar-refractivity contribution is -0.116. The van der Waals surface area contributed by atoms with Crippen molar-refractivity contribution in [1.29, 1.82) is 0 Å². The number of aryl methyl sites for hydroxylation is 2. The number of amides is 1. The number of rotatable bonds is 5. The Morgan fingerprint density at radius 2 is 1.88 bits per heavy atom. The fourth-order valence-corrected chi connectivity index (χ4v) is 2.98. The maximum absolute atomic E-state index is 13.5. The summed E-state index contributed by atoms with van der Waals surface area (Å²) in [7, 11) is 0. The van der Waals surface area contributed by atoms with E-state index in [1.807, 2.05) is 31.2 Å². The molecule has 3 aromatic rings. The van der Waals surface area contributed by atoms with Gasteiger partial charge in [0.2, 0.25) is 11.0 Å². The normalized spacial score (nSPS) is 10.6. The molecule has 0 aliphatic heterocycles. The molecule has 3 rings (SSSR count). The second kappa shape index (κ2) is 7.31. The van der Waals surface area contributed by atoms with Crippen molar-refractivity contribution < 1.29 is 9.18 Å². The van der Waals surface area contributed by atoms with Crippen LogP contribution in [-0.2, 0) is 11.2 Å². The van der Waals surface area contributed by atoms with Gasteiger partial charge in [-0.05, 0) is 25.0 Å². The van der Waals surface area contributed by atoms with Crippen molar-refractivity contribution in [2.75, 3.05) is 5.32 Å². The molecular formula is C18H16FN3OS. The minimum Gasteiger partial charge on any atom is -0.301 e. The molecule has 0 saturated carbocycles. The summed E-state index contributed by atoms with van der Waals surface area (Å²) in [6.07, 6.45) is 0.544. The first-order valence-corrected chi connectivity index (χ1v) is 8.37. The summed E-state index contributed by atoms with van der Waals surface area (Å²) >= 11 is 1.32. The van der Waals surface area contributed by atoms with Crippen LogP contribution >= 0.6 is 11.3 Å². The van der Waals surface area contributed by atoms with Crippen molar-refractivity contribution in [1.82, 2.24) is 10.2 Å². The van der Waals surface area contributed by atoms with E-state index in [9.17, 15) is 9.18 Å². The fraction of sp³-hybridized carbons (Fsp3) is 0.167. The highest BCUT2D eigenvalue weighted by Crippen LogP contribution is 2.26. The summed E-state index contributed by atoms with van der Waals surface area (Å²) in [5.41, 5.74) is 2.67. The van der Waals surface area contributed by atoms with Crippen molar-refractivity contribution in [3.05, 3.63) is 65.5 Å². The molecule has 122 valence electrons. The average Bonchev–Trinajstić information content (AvgIpc) is 3.03. The predicted molar refractivity (Wildman–Crippen MR) is 93.4 cm³/mol. The van der Waals surface area contributed by atoms with Crippen LogP contribution in [0.3, 0.4) is 0 Å². The first kappa shape index (κ1) is 16.3. The molecule has 0 atom stereocenters. The zero-order valence-corrected chi connectivity index (χ0v) is 13.9. The van der Waals surface area contributed by atoms with E-state index in [4.69, 9.17) is 0 Å². The molecular weight excluding hydrogens is 325 g/mol. The van der Waals surface area contributed by atoms with Crippen LogP contribution in [0.1, 0.15) is 17.5 Å². The van der Waals surface area contributed by atoms with Gasteiger partial charge in [0.05, 0.1) is 0 Å². The minimum atomic E-state index is -0.289. The molecule has 0 unspecified atom stereocenters. The van der Waals surface area contributed by atoms with Crippen molar-refractivity contribution >= 4 is 22.4 Å². The first-order chi connectivity index (χ1) is 11.6. The Morgan fingerprint density at radius 3 is 2.62 bits per heavy atom. The van der Waals surface area contributed by atoms with Crippen LogP contribution in [0.25, 0.3) is 10.6 Å². The zero-order valence-electron chi connectivity index (χ0n) is 13.1. The molecule has 0 aliphatic carbocycles. The topological polar surface area (TPSA) is 54.9 Å². The van der Waals surface area contributed by atoms with Gasteiger partial charge in [0, 0.05) is 12.0 Å². The fourth-order valence-electron chi connectivity index (χ4n) is 2.22. The molecule has 24 heavy (non-hydrogen) atoms. The quantitative estimate of drug-likeness (QED) is 0.756. The average molecular weight is 341 g/mol. The van der Waals surface area contributed by atoms with Gasteiger partial charge in [-0.3, -0.25) is 4.79 Å². The van der Waals surface area contributed by atoms with E-state index >= 15 is 0 Å². The summed E-state index contributed by atoms with van der Waals surface area (Å²) in [5, 5.41) is 12.0. The molecule has 0 spiro atoms. The Hall–Kier alpha value is -2.60. The smallest absolute Gasteiger partial charge is 0.226 e.